The largest absolute Gasteiger partial charge is 0.480 e. The first kappa shape index (κ1) is 24.0. The first-order chi connectivity index (χ1) is 14.7. The van der Waals surface area contributed by atoms with Crippen LogP contribution in [0.2, 0.25) is 5.02 Å². The molecule has 0 aliphatic carbocycles. The summed E-state index contributed by atoms with van der Waals surface area (Å²) in [5, 5.41) is 18.1. The Hall–Kier alpha value is -3.26. The first-order valence-electron chi connectivity index (χ1n) is 9.63. The van der Waals surface area contributed by atoms with Crippen molar-refractivity contribution in [2.75, 3.05) is 18.5 Å². The van der Waals surface area contributed by atoms with Gasteiger partial charge in [0.05, 0.1) is 22.9 Å². The van der Waals surface area contributed by atoms with Gasteiger partial charge in [0.2, 0.25) is 0 Å². The van der Waals surface area contributed by atoms with Gasteiger partial charge in [0.1, 0.15) is 5.75 Å². The average molecular weight is 448 g/mol. The molecule has 0 aliphatic heterocycles. The molecule has 0 bridgehead atoms. The first-order valence-corrected chi connectivity index (χ1v) is 10.0. The maximum Gasteiger partial charge on any atom is 0.344 e. The zero-order valence-corrected chi connectivity index (χ0v) is 18.6. The zero-order valence-electron chi connectivity index (χ0n) is 17.9. The van der Waals surface area contributed by atoms with Crippen LogP contribution in [-0.2, 0) is 15.1 Å². The third-order valence-corrected chi connectivity index (χ3v) is 4.73. The molecule has 0 saturated carbocycles. The Bertz CT molecular complexity index is 975. The molecule has 0 spiro atoms. The van der Waals surface area contributed by atoms with Gasteiger partial charge in [0.15, 0.2) is 6.61 Å². The maximum atomic E-state index is 12.6. The molecule has 0 aliphatic rings. The van der Waals surface area contributed by atoms with E-state index < -0.39 is 17.5 Å². The number of urea groups is 1. The summed E-state index contributed by atoms with van der Waals surface area (Å²) in [5.74, 6) is -0.265. The monoisotopic (exact) mass is 447 g/mol. The lowest BCUT2D eigenvalue weighted by molar-refractivity contribution is -0.145. The summed E-state index contributed by atoms with van der Waals surface area (Å²) in [6.07, 6.45) is 0. The Kier molecular flexibility index (Phi) is 8.27. The fraction of sp³-hybridized carbons (Fsp3) is 0.318. The fourth-order valence-corrected chi connectivity index (χ4v) is 2.91. The predicted molar refractivity (Wildman–Crippen MR) is 119 cm³/mol. The number of nitrogens with zero attached hydrogens (tertiary/aromatic N) is 1. The van der Waals surface area contributed by atoms with Crippen molar-refractivity contribution in [3.05, 3.63) is 58.6 Å². The van der Waals surface area contributed by atoms with Gasteiger partial charge in [-0.25, -0.2) is 9.59 Å². The molecule has 0 saturated heterocycles. The molecule has 2 aromatic carbocycles. The second kappa shape index (κ2) is 10.7. The molecular weight excluding hydrogens is 422 g/mol. The van der Waals surface area contributed by atoms with Crippen LogP contribution in [0, 0.1) is 0 Å². The van der Waals surface area contributed by atoms with Crippen molar-refractivity contribution in [3.63, 3.8) is 0 Å². The molecular formula is C22H26ClN3O5. The van der Waals surface area contributed by atoms with Crippen LogP contribution in [0.15, 0.2) is 47.6 Å². The molecule has 0 radical (unpaired) electrons. The van der Waals surface area contributed by atoms with Crippen molar-refractivity contribution in [3.8, 4) is 5.75 Å². The number of anilines is 1. The lowest BCUT2D eigenvalue weighted by Crippen LogP contribution is -2.43. The quantitative estimate of drug-likeness (QED) is 0.238. The van der Waals surface area contributed by atoms with Gasteiger partial charge < -0.3 is 25.3 Å². The summed E-state index contributed by atoms with van der Waals surface area (Å²) in [6.45, 7) is 7.06. The van der Waals surface area contributed by atoms with E-state index in [1.54, 1.807) is 26.0 Å². The number of carbonyl (C=O) groups is 2. The Morgan fingerprint density at radius 2 is 1.94 bits per heavy atom. The highest BCUT2D eigenvalue weighted by atomic mass is 35.5. The number of benzene rings is 2. The minimum absolute atomic E-state index is 0.248. The Morgan fingerprint density at radius 3 is 2.61 bits per heavy atom. The lowest BCUT2D eigenvalue weighted by atomic mass is 9.92. The highest BCUT2D eigenvalue weighted by molar-refractivity contribution is 6.32. The van der Waals surface area contributed by atoms with Gasteiger partial charge in [0.25, 0.3) is 0 Å². The van der Waals surface area contributed by atoms with Crippen molar-refractivity contribution >= 4 is 35.0 Å². The summed E-state index contributed by atoms with van der Waals surface area (Å²) in [4.78, 5) is 24.1. The van der Waals surface area contributed by atoms with Gasteiger partial charge in [0, 0.05) is 11.8 Å². The molecule has 2 amide bonds. The fourth-order valence-electron chi connectivity index (χ4n) is 2.74. The van der Waals surface area contributed by atoms with Crippen molar-refractivity contribution in [2.45, 2.75) is 33.2 Å². The summed E-state index contributed by atoms with van der Waals surface area (Å²) < 4.78 is 10.2. The molecule has 0 aromatic heterocycles. The van der Waals surface area contributed by atoms with Gasteiger partial charge in [-0.15, -0.1) is 0 Å². The predicted octanol–water partition coefficient (Wildman–Crippen LogP) is 4.54. The Balaban J connectivity index is 2.08. The smallest absolute Gasteiger partial charge is 0.344 e. The topological polar surface area (TPSA) is 109 Å². The van der Waals surface area contributed by atoms with Crippen LogP contribution in [0.3, 0.4) is 0 Å². The van der Waals surface area contributed by atoms with E-state index in [0.29, 0.717) is 16.4 Å². The number of rotatable bonds is 8. The highest BCUT2D eigenvalue weighted by Gasteiger charge is 2.23. The van der Waals surface area contributed by atoms with Crippen LogP contribution in [0.4, 0.5) is 10.5 Å². The molecule has 2 aromatic rings. The normalized spacial score (nSPS) is 11.6. The van der Waals surface area contributed by atoms with E-state index in [-0.39, 0.29) is 19.0 Å². The minimum Gasteiger partial charge on any atom is -0.480 e. The number of esters is 1. The number of hydrogen-bond acceptors (Lipinski definition) is 6. The van der Waals surface area contributed by atoms with Gasteiger partial charge in [-0.2, -0.15) is 0 Å². The molecule has 3 N–H and O–H groups in total. The summed E-state index contributed by atoms with van der Waals surface area (Å²) in [6, 6.07) is 11.6. The van der Waals surface area contributed by atoms with E-state index in [2.05, 4.69) is 15.8 Å². The number of hydrogen-bond donors (Lipinski definition) is 3. The Morgan fingerprint density at radius 1 is 1.19 bits per heavy atom. The van der Waals surface area contributed by atoms with Crippen LogP contribution < -0.4 is 15.4 Å². The lowest BCUT2D eigenvalue weighted by Gasteiger charge is -2.27. The van der Waals surface area contributed by atoms with Gasteiger partial charge >= 0.3 is 12.0 Å². The summed E-state index contributed by atoms with van der Waals surface area (Å²) >= 11 is 6.10. The second-order valence-electron chi connectivity index (χ2n) is 7.21. The molecule has 0 heterocycles. The second-order valence-corrected chi connectivity index (χ2v) is 7.62. The van der Waals surface area contributed by atoms with Crippen molar-refractivity contribution < 1.29 is 24.3 Å². The molecule has 0 unspecified atom stereocenters. The van der Waals surface area contributed by atoms with Gasteiger partial charge in [-0.3, -0.25) is 0 Å². The highest BCUT2D eigenvalue weighted by Crippen LogP contribution is 2.28. The van der Waals surface area contributed by atoms with Crippen molar-refractivity contribution in [1.82, 2.24) is 5.32 Å². The molecule has 9 heteroatoms. The number of oxime groups is 1. The van der Waals surface area contributed by atoms with Crippen LogP contribution in [0.25, 0.3) is 0 Å². The van der Waals surface area contributed by atoms with E-state index in [9.17, 15) is 9.59 Å². The number of halogens is 1. The third-order valence-electron chi connectivity index (χ3n) is 4.42. The SMILES string of the molecule is CCOC(=O)COc1cc(NC(=O)NC(C)(C)c2cccc(/C(C)=N/O)c2)ccc1Cl. The number of amides is 2. The van der Waals surface area contributed by atoms with E-state index in [4.69, 9.17) is 26.3 Å². The van der Waals surface area contributed by atoms with E-state index in [1.807, 2.05) is 38.1 Å². The minimum atomic E-state index is -0.717. The van der Waals surface area contributed by atoms with Crippen LogP contribution in [-0.4, -0.2) is 36.1 Å². The number of nitrogens with one attached hydrogen (secondary N) is 2. The molecule has 0 atom stereocenters. The zero-order chi connectivity index (χ0) is 23.0. The van der Waals surface area contributed by atoms with E-state index >= 15 is 0 Å². The van der Waals surface area contributed by atoms with Crippen molar-refractivity contribution in [1.29, 1.82) is 0 Å². The number of ether oxygens (including phenoxy) is 2. The molecule has 0 fully saturated rings. The van der Waals surface area contributed by atoms with Gasteiger partial charge in [-0.1, -0.05) is 35.0 Å². The van der Waals surface area contributed by atoms with Crippen LogP contribution >= 0.6 is 11.6 Å². The van der Waals surface area contributed by atoms with Crippen molar-refractivity contribution in [2.24, 2.45) is 5.16 Å². The maximum absolute atomic E-state index is 12.6. The third kappa shape index (κ3) is 6.89. The summed E-state index contributed by atoms with van der Waals surface area (Å²) in [7, 11) is 0. The van der Waals surface area contributed by atoms with E-state index in [0.717, 1.165) is 11.1 Å². The van der Waals surface area contributed by atoms with Crippen LogP contribution in [0.1, 0.15) is 38.8 Å². The molecule has 166 valence electrons. The summed E-state index contributed by atoms with van der Waals surface area (Å²) in [5.41, 5.74) is 1.77. The van der Waals surface area contributed by atoms with Gasteiger partial charge in [-0.05, 0) is 57.0 Å². The molecule has 2 rings (SSSR count). The van der Waals surface area contributed by atoms with E-state index in [1.165, 1.54) is 6.07 Å². The number of carbonyl (C=O) groups excluding carboxylic acids is 2. The van der Waals surface area contributed by atoms with Crippen LogP contribution in [0.5, 0.6) is 5.75 Å². The standard InChI is InChI=1S/C22H26ClN3O5/c1-5-30-20(27)13-31-19-12-17(9-10-18(19)23)24-21(28)25-22(3,4)16-8-6-7-15(11-16)14(2)26-29/h6-12,29H,5,13H2,1-4H3,(H2,24,25,28)/b26-14+. The molecule has 31 heavy (non-hydrogen) atoms. The average Bonchev–Trinajstić information content (AvgIpc) is 2.73. The Labute approximate surface area is 186 Å². The molecule has 8 nitrogen and oxygen atoms in total.